The van der Waals surface area contributed by atoms with Crippen LogP contribution >= 0.6 is 0 Å². The van der Waals surface area contributed by atoms with Gasteiger partial charge in [-0.2, -0.15) is 12.7 Å². The van der Waals surface area contributed by atoms with Gasteiger partial charge in [0, 0.05) is 32.1 Å². The van der Waals surface area contributed by atoms with Crippen LogP contribution in [-0.2, 0) is 10.2 Å². The van der Waals surface area contributed by atoms with Gasteiger partial charge in [0.25, 0.3) is 0 Å². The zero-order chi connectivity index (χ0) is 18.8. The first-order valence-electron chi connectivity index (χ1n) is 7.87. The van der Waals surface area contributed by atoms with E-state index in [0.29, 0.717) is 5.56 Å². The number of hydrogen-bond donors (Lipinski definition) is 0. The van der Waals surface area contributed by atoms with Gasteiger partial charge in [-0.3, -0.25) is 0 Å². The smallest absolute Gasteiger partial charge is 0.306 e. The molecule has 7 heteroatoms. The monoisotopic (exact) mass is 376 g/mol. The van der Waals surface area contributed by atoms with Gasteiger partial charge in [0.15, 0.2) is 0 Å². The maximum Gasteiger partial charge on any atom is 0.306 e. The Bertz CT molecular complexity index is 912. The van der Waals surface area contributed by atoms with Crippen molar-refractivity contribution in [3.8, 4) is 28.3 Å². The number of aromatic nitrogens is 1. The molecule has 0 spiro atoms. The van der Waals surface area contributed by atoms with Gasteiger partial charge >= 0.3 is 10.2 Å². The maximum absolute atomic E-state index is 12.5. The molecule has 0 atom stereocenters. The van der Waals surface area contributed by atoms with Crippen molar-refractivity contribution in [3.63, 3.8) is 0 Å². The third-order valence-electron chi connectivity index (χ3n) is 3.50. The van der Waals surface area contributed by atoms with Crippen molar-refractivity contribution in [2.75, 3.05) is 21.2 Å². The Morgan fingerprint density at radius 3 is 2.16 bits per heavy atom. The predicted octanol–water partition coefficient (Wildman–Crippen LogP) is 3.05. The van der Waals surface area contributed by atoms with Crippen molar-refractivity contribution in [2.45, 2.75) is 19.6 Å². The van der Waals surface area contributed by atoms with Crippen LogP contribution in [-0.4, -0.2) is 46.0 Å². The normalized spacial score (nSPS) is 12.0. The quantitative estimate of drug-likeness (QED) is 0.609. The van der Waals surface area contributed by atoms with Gasteiger partial charge in [0.05, 0.1) is 12.7 Å². The Hall–Kier alpha value is -2.01. The SMILES string of the molecule is COc1ccc(-c2cn(S(=O)(=O)N(C)C)cc2C#C[Si](C)(C)C)cc1. The minimum Gasteiger partial charge on any atom is -0.497 e. The molecule has 0 amide bonds. The summed E-state index contributed by atoms with van der Waals surface area (Å²) >= 11 is 0. The van der Waals surface area contributed by atoms with E-state index in [1.807, 2.05) is 24.3 Å². The molecule has 1 heterocycles. The van der Waals surface area contributed by atoms with Crippen LogP contribution in [0.1, 0.15) is 5.56 Å². The van der Waals surface area contributed by atoms with Crippen LogP contribution in [0.2, 0.25) is 19.6 Å². The van der Waals surface area contributed by atoms with Crippen molar-refractivity contribution in [1.29, 1.82) is 0 Å². The molecule has 5 nitrogen and oxygen atoms in total. The first kappa shape index (κ1) is 19.3. The second-order valence-corrected chi connectivity index (χ2v) is 13.7. The lowest BCUT2D eigenvalue weighted by Crippen LogP contribution is -2.27. The summed E-state index contributed by atoms with van der Waals surface area (Å²) in [6, 6.07) is 7.51. The van der Waals surface area contributed by atoms with Crippen LogP contribution < -0.4 is 4.74 Å². The number of methoxy groups -OCH3 is 1. The van der Waals surface area contributed by atoms with E-state index < -0.39 is 18.3 Å². The van der Waals surface area contributed by atoms with Gasteiger partial charge < -0.3 is 4.74 Å². The van der Waals surface area contributed by atoms with E-state index in [-0.39, 0.29) is 0 Å². The van der Waals surface area contributed by atoms with Gasteiger partial charge in [-0.25, -0.2) is 3.97 Å². The van der Waals surface area contributed by atoms with Crippen molar-refractivity contribution >= 4 is 18.3 Å². The van der Waals surface area contributed by atoms with Crippen LogP contribution in [0.4, 0.5) is 0 Å². The highest BCUT2D eigenvalue weighted by Crippen LogP contribution is 2.27. The molecule has 0 unspecified atom stereocenters. The van der Waals surface area contributed by atoms with Crippen molar-refractivity contribution in [2.24, 2.45) is 0 Å². The highest BCUT2D eigenvalue weighted by molar-refractivity contribution is 7.87. The molecule has 2 rings (SSSR count). The van der Waals surface area contributed by atoms with E-state index in [1.165, 1.54) is 22.4 Å². The number of benzene rings is 1. The van der Waals surface area contributed by atoms with Crippen molar-refractivity contribution in [3.05, 3.63) is 42.2 Å². The molecule has 0 fully saturated rings. The summed E-state index contributed by atoms with van der Waals surface area (Å²) in [5.74, 6) is 3.94. The molecule has 0 radical (unpaired) electrons. The lowest BCUT2D eigenvalue weighted by Gasteiger charge is -2.11. The van der Waals surface area contributed by atoms with E-state index in [4.69, 9.17) is 4.74 Å². The zero-order valence-corrected chi connectivity index (χ0v) is 17.3. The topological polar surface area (TPSA) is 51.5 Å². The maximum atomic E-state index is 12.5. The predicted molar refractivity (Wildman–Crippen MR) is 105 cm³/mol. The molecular formula is C18H24N2O3SSi. The second-order valence-electron chi connectivity index (χ2n) is 6.93. The van der Waals surface area contributed by atoms with Gasteiger partial charge in [-0.1, -0.05) is 37.7 Å². The molecule has 0 N–H and O–H groups in total. The fourth-order valence-corrected chi connectivity index (χ4v) is 3.47. The average Bonchev–Trinajstić information content (AvgIpc) is 2.97. The van der Waals surface area contributed by atoms with Gasteiger partial charge in [0.2, 0.25) is 0 Å². The summed E-state index contributed by atoms with van der Waals surface area (Å²) in [6.07, 6.45) is 3.20. The lowest BCUT2D eigenvalue weighted by molar-refractivity contribution is 0.415. The summed E-state index contributed by atoms with van der Waals surface area (Å²) < 4.78 is 32.5. The van der Waals surface area contributed by atoms with E-state index in [9.17, 15) is 8.42 Å². The minimum atomic E-state index is -3.58. The first-order chi connectivity index (χ1) is 11.5. The van der Waals surface area contributed by atoms with Crippen LogP contribution in [0.5, 0.6) is 5.75 Å². The number of rotatable bonds is 4. The molecule has 0 aliphatic rings. The Morgan fingerprint density at radius 1 is 1.08 bits per heavy atom. The highest BCUT2D eigenvalue weighted by Gasteiger charge is 2.19. The van der Waals surface area contributed by atoms with Crippen molar-refractivity contribution < 1.29 is 13.2 Å². The Balaban J connectivity index is 2.62. The highest BCUT2D eigenvalue weighted by atomic mass is 32.2. The fraction of sp³-hybridized carbons (Fsp3) is 0.333. The Kier molecular flexibility index (Phi) is 5.47. The van der Waals surface area contributed by atoms with E-state index in [0.717, 1.165) is 16.9 Å². The molecule has 134 valence electrons. The fourth-order valence-electron chi connectivity index (χ4n) is 2.11. The minimum absolute atomic E-state index is 0.706. The summed E-state index contributed by atoms with van der Waals surface area (Å²) in [5, 5.41) is 0. The summed E-state index contributed by atoms with van der Waals surface area (Å²) in [6.45, 7) is 6.46. The average molecular weight is 377 g/mol. The van der Waals surface area contributed by atoms with E-state index in [2.05, 4.69) is 31.1 Å². The lowest BCUT2D eigenvalue weighted by atomic mass is 10.1. The molecule has 0 saturated heterocycles. The van der Waals surface area contributed by atoms with E-state index in [1.54, 1.807) is 19.5 Å². The van der Waals surface area contributed by atoms with Gasteiger partial charge in [-0.05, 0) is 17.7 Å². The van der Waals surface area contributed by atoms with Crippen LogP contribution in [0.15, 0.2) is 36.7 Å². The zero-order valence-electron chi connectivity index (χ0n) is 15.5. The molecule has 1 aromatic carbocycles. The Labute approximate surface area is 151 Å². The Morgan fingerprint density at radius 2 is 1.68 bits per heavy atom. The number of hydrogen-bond acceptors (Lipinski definition) is 3. The van der Waals surface area contributed by atoms with Crippen LogP contribution in [0.25, 0.3) is 11.1 Å². The van der Waals surface area contributed by atoms with Crippen LogP contribution in [0.3, 0.4) is 0 Å². The summed E-state index contributed by atoms with van der Waals surface area (Å²) in [5.41, 5.74) is 5.70. The van der Waals surface area contributed by atoms with Gasteiger partial charge in [-0.15, -0.1) is 5.54 Å². The summed E-state index contributed by atoms with van der Waals surface area (Å²) in [4.78, 5) is 0. The third-order valence-corrected chi connectivity index (χ3v) is 6.05. The second kappa shape index (κ2) is 7.08. The molecule has 2 aromatic rings. The van der Waals surface area contributed by atoms with Crippen LogP contribution in [0, 0.1) is 11.5 Å². The molecule has 1 aromatic heterocycles. The molecule has 0 bridgehead atoms. The standard InChI is InChI=1S/C18H24N2O3SSi/c1-19(2)24(21,22)20-13-16(11-12-25(4,5)6)18(14-20)15-7-9-17(23-3)10-8-15/h7-10,13-14H,1-6H3. The molecule has 0 aliphatic heterocycles. The first-order valence-corrected chi connectivity index (χ1v) is 12.8. The number of ether oxygens (including phenoxy) is 1. The van der Waals surface area contributed by atoms with Crippen molar-refractivity contribution in [1.82, 2.24) is 8.28 Å². The molecule has 0 aliphatic carbocycles. The largest absolute Gasteiger partial charge is 0.497 e. The van der Waals surface area contributed by atoms with Gasteiger partial charge in [0.1, 0.15) is 13.8 Å². The molecule has 0 saturated carbocycles. The summed E-state index contributed by atoms with van der Waals surface area (Å²) in [7, 11) is -0.541. The molecule has 25 heavy (non-hydrogen) atoms. The number of nitrogens with zero attached hydrogens (tertiary/aromatic N) is 2. The molecular weight excluding hydrogens is 352 g/mol. The third kappa shape index (κ3) is 4.54. The van der Waals surface area contributed by atoms with E-state index >= 15 is 0 Å².